The fourth-order valence-electron chi connectivity index (χ4n) is 4.28. The fourth-order valence-corrected chi connectivity index (χ4v) is 4.97. The van der Waals surface area contributed by atoms with E-state index in [4.69, 9.17) is 5.10 Å². The molecule has 0 saturated heterocycles. The maximum Gasteiger partial charge on any atom is 0.275 e. The van der Waals surface area contributed by atoms with Crippen LogP contribution in [-0.2, 0) is 13.1 Å². The predicted octanol–water partition coefficient (Wildman–Crippen LogP) is 4.89. The second-order valence-electron chi connectivity index (χ2n) is 8.32. The Hall–Kier alpha value is -3.91. The lowest BCUT2D eigenvalue weighted by Gasteiger charge is -2.17. The standard InChI is InChI=1S/C25H22N6OS/c1-16-7-8-18(12-17(16)2)31-24(29-9-3-4-10-29)19-14-30(15-22(19)28-31)25(32)21-13-20(26-27-21)23-6-5-11-33-23/h3-13H,14-15H2,1-2H3,(H,26,27). The molecule has 6 rings (SSSR count). The second-order valence-corrected chi connectivity index (χ2v) is 9.27. The third-order valence-corrected chi connectivity index (χ3v) is 7.09. The first-order chi connectivity index (χ1) is 16.1. The van der Waals surface area contributed by atoms with Gasteiger partial charge in [0.05, 0.1) is 35.0 Å². The number of fused-ring (bicyclic) bond motifs is 1. The Morgan fingerprint density at radius 3 is 2.64 bits per heavy atom. The van der Waals surface area contributed by atoms with Crippen LogP contribution in [-0.4, -0.2) is 35.4 Å². The van der Waals surface area contributed by atoms with Crippen molar-refractivity contribution in [3.8, 4) is 22.1 Å². The lowest BCUT2D eigenvalue weighted by atomic mass is 10.1. The summed E-state index contributed by atoms with van der Waals surface area (Å²) in [6.45, 7) is 5.17. The van der Waals surface area contributed by atoms with Gasteiger partial charge in [0.2, 0.25) is 0 Å². The van der Waals surface area contributed by atoms with Gasteiger partial charge in [-0.3, -0.25) is 9.89 Å². The molecule has 5 heterocycles. The number of amides is 1. The normalized spacial score (nSPS) is 13.0. The highest BCUT2D eigenvalue weighted by Crippen LogP contribution is 2.32. The Morgan fingerprint density at radius 2 is 1.88 bits per heavy atom. The van der Waals surface area contributed by atoms with E-state index in [9.17, 15) is 4.79 Å². The van der Waals surface area contributed by atoms with E-state index in [-0.39, 0.29) is 5.91 Å². The maximum atomic E-state index is 13.2. The van der Waals surface area contributed by atoms with Gasteiger partial charge in [-0.25, -0.2) is 4.68 Å². The molecule has 1 aliphatic heterocycles. The summed E-state index contributed by atoms with van der Waals surface area (Å²) < 4.78 is 4.06. The van der Waals surface area contributed by atoms with Crippen LogP contribution in [0, 0.1) is 13.8 Å². The van der Waals surface area contributed by atoms with Crippen LogP contribution in [0.5, 0.6) is 0 Å². The zero-order valence-electron chi connectivity index (χ0n) is 18.3. The molecule has 0 aliphatic carbocycles. The SMILES string of the molecule is Cc1ccc(-n2nc3c(c2-n2cccc2)CN(C(=O)c2cc(-c4cccs4)[nH]n2)C3)cc1C. The summed E-state index contributed by atoms with van der Waals surface area (Å²) in [4.78, 5) is 16.1. The number of thiophene rings is 1. The Bertz CT molecular complexity index is 1460. The third-order valence-electron chi connectivity index (χ3n) is 6.18. The number of nitrogens with zero attached hydrogens (tertiary/aromatic N) is 5. The van der Waals surface area contributed by atoms with Gasteiger partial charge in [0.15, 0.2) is 5.69 Å². The van der Waals surface area contributed by atoms with Crippen molar-refractivity contribution in [3.63, 3.8) is 0 Å². The minimum atomic E-state index is -0.0942. The molecule has 8 heteroatoms. The van der Waals surface area contributed by atoms with Gasteiger partial charge < -0.3 is 9.47 Å². The summed E-state index contributed by atoms with van der Waals surface area (Å²) in [5.41, 5.74) is 6.75. The second kappa shape index (κ2) is 7.60. The summed E-state index contributed by atoms with van der Waals surface area (Å²) in [6.07, 6.45) is 4.03. The first-order valence-corrected chi connectivity index (χ1v) is 11.7. The van der Waals surface area contributed by atoms with Gasteiger partial charge in [0.25, 0.3) is 5.91 Å². The van der Waals surface area contributed by atoms with Gasteiger partial charge in [0.1, 0.15) is 5.82 Å². The number of hydrogen-bond donors (Lipinski definition) is 1. The number of H-pyrrole nitrogens is 1. The zero-order chi connectivity index (χ0) is 22.5. The highest BCUT2D eigenvalue weighted by atomic mass is 32.1. The first kappa shape index (κ1) is 19.8. The van der Waals surface area contributed by atoms with E-state index in [2.05, 4.69) is 46.8 Å². The lowest BCUT2D eigenvalue weighted by Crippen LogP contribution is -2.26. The quantitative estimate of drug-likeness (QED) is 0.420. The predicted molar refractivity (Wildman–Crippen MR) is 128 cm³/mol. The minimum Gasteiger partial charge on any atom is -0.327 e. The molecule has 33 heavy (non-hydrogen) atoms. The summed E-state index contributed by atoms with van der Waals surface area (Å²) >= 11 is 1.61. The zero-order valence-corrected chi connectivity index (χ0v) is 19.1. The van der Waals surface area contributed by atoms with E-state index in [1.165, 1.54) is 11.1 Å². The van der Waals surface area contributed by atoms with Crippen LogP contribution in [0.4, 0.5) is 0 Å². The summed E-state index contributed by atoms with van der Waals surface area (Å²) in [7, 11) is 0. The van der Waals surface area contributed by atoms with Gasteiger partial charge in [-0.15, -0.1) is 11.3 Å². The monoisotopic (exact) mass is 454 g/mol. The Kier molecular flexibility index (Phi) is 4.55. The van der Waals surface area contributed by atoms with E-state index >= 15 is 0 Å². The van der Waals surface area contributed by atoms with Gasteiger partial charge in [-0.05, 0) is 66.8 Å². The van der Waals surface area contributed by atoms with Crippen molar-refractivity contribution in [2.24, 2.45) is 0 Å². The topological polar surface area (TPSA) is 71.7 Å². The first-order valence-electron chi connectivity index (χ1n) is 10.8. The molecular weight excluding hydrogens is 432 g/mol. The molecule has 7 nitrogen and oxygen atoms in total. The van der Waals surface area contributed by atoms with E-state index < -0.39 is 0 Å². The van der Waals surface area contributed by atoms with E-state index in [1.807, 2.05) is 57.7 Å². The van der Waals surface area contributed by atoms with Crippen LogP contribution < -0.4 is 0 Å². The minimum absolute atomic E-state index is 0.0942. The molecule has 5 aromatic rings. The van der Waals surface area contributed by atoms with Crippen LogP contribution in [0.15, 0.2) is 66.3 Å². The summed E-state index contributed by atoms with van der Waals surface area (Å²) in [5, 5.41) is 14.2. The van der Waals surface area contributed by atoms with Crippen molar-refractivity contribution in [2.75, 3.05) is 0 Å². The number of benzene rings is 1. The lowest BCUT2D eigenvalue weighted by molar-refractivity contribution is 0.0743. The van der Waals surface area contributed by atoms with Crippen molar-refractivity contribution in [3.05, 3.63) is 94.4 Å². The number of hydrogen-bond acceptors (Lipinski definition) is 4. The van der Waals surface area contributed by atoms with E-state index in [1.54, 1.807) is 11.3 Å². The Balaban J connectivity index is 1.34. The smallest absolute Gasteiger partial charge is 0.275 e. The summed E-state index contributed by atoms with van der Waals surface area (Å²) in [5.74, 6) is 0.873. The van der Waals surface area contributed by atoms with Gasteiger partial charge in [-0.1, -0.05) is 12.1 Å². The number of aryl methyl sites for hydroxylation is 2. The molecule has 4 aromatic heterocycles. The van der Waals surface area contributed by atoms with E-state index in [0.717, 1.165) is 33.3 Å². The van der Waals surface area contributed by atoms with Crippen LogP contribution in [0.3, 0.4) is 0 Å². The largest absolute Gasteiger partial charge is 0.327 e. The molecule has 1 aliphatic rings. The summed E-state index contributed by atoms with van der Waals surface area (Å²) in [6, 6.07) is 16.2. The molecule has 0 bridgehead atoms. The number of aromatic amines is 1. The molecule has 0 spiro atoms. The highest BCUT2D eigenvalue weighted by Gasteiger charge is 2.32. The van der Waals surface area contributed by atoms with Crippen LogP contribution in [0.2, 0.25) is 0 Å². The van der Waals surface area contributed by atoms with Gasteiger partial charge >= 0.3 is 0 Å². The van der Waals surface area contributed by atoms with E-state index in [0.29, 0.717) is 18.8 Å². The molecule has 1 aromatic carbocycles. The number of carbonyl (C=O) groups excluding carboxylic acids is 1. The van der Waals surface area contributed by atoms with Crippen LogP contribution in [0.25, 0.3) is 22.1 Å². The highest BCUT2D eigenvalue weighted by molar-refractivity contribution is 7.13. The van der Waals surface area contributed by atoms with Crippen LogP contribution in [0.1, 0.15) is 32.9 Å². The molecule has 1 amide bonds. The van der Waals surface area contributed by atoms with Crippen molar-refractivity contribution in [2.45, 2.75) is 26.9 Å². The van der Waals surface area contributed by atoms with Crippen LogP contribution >= 0.6 is 11.3 Å². The number of nitrogens with one attached hydrogen (secondary N) is 1. The van der Waals surface area contributed by atoms with Crippen molar-refractivity contribution < 1.29 is 4.79 Å². The van der Waals surface area contributed by atoms with Crippen molar-refractivity contribution >= 4 is 17.2 Å². The molecule has 0 unspecified atom stereocenters. The third kappa shape index (κ3) is 3.30. The number of carbonyl (C=O) groups is 1. The molecule has 1 N–H and O–H groups in total. The van der Waals surface area contributed by atoms with Gasteiger partial charge in [0, 0.05) is 18.0 Å². The van der Waals surface area contributed by atoms with Crippen molar-refractivity contribution in [1.82, 2.24) is 29.4 Å². The Morgan fingerprint density at radius 1 is 1.03 bits per heavy atom. The molecule has 0 atom stereocenters. The molecule has 0 saturated carbocycles. The maximum absolute atomic E-state index is 13.2. The average Bonchev–Trinajstić information content (AvgIpc) is 3.62. The number of rotatable bonds is 4. The van der Waals surface area contributed by atoms with Crippen molar-refractivity contribution in [1.29, 1.82) is 0 Å². The molecular formula is C25H22N6OS. The molecule has 0 radical (unpaired) electrons. The number of aromatic nitrogens is 5. The van der Waals surface area contributed by atoms with Gasteiger partial charge in [-0.2, -0.15) is 10.2 Å². The molecule has 0 fully saturated rings. The fraction of sp³-hybridized carbons (Fsp3) is 0.160. The Labute approximate surface area is 194 Å². The average molecular weight is 455 g/mol. The molecule has 164 valence electrons.